The van der Waals surface area contributed by atoms with Crippen LogP contribution in [0.4, 0.5) is 0 Å². The minimum absolute atomic E-state index is 0.142. The maximum atomic E-state index is 6.12. The minimum Gasteiger partial charge on any atom is -0.324 e. The molecule has 1 aromatic rings. The van der Waals surface area contributed by atoms with Gasteiger partial charge in [0.1, 0.15) is 0 Å². The molecule has 0 bridgehead atoms. The highest BCUT2D eigenvalue weighted by molar-refractivity contribution is 6.31. The lowest BCUT2D eigenvalue weighted by molar-refractivity contribution is 0.507. The van der Waals surface area contributed by atoms with Crippen LogP contribution >= 0.6 is 11.6 Å². The molecule has 0 aliphatic rings. The van der Waals surface area contributed by atoms with Gasteiger partial charge in [-0.25, -0.2) is 0 Å². The summed E-state index contributed by atoms with van der Waals surface area (Å²) in [5.41, 5.74) is 8.42. The summed E-state index contributed by atoms with van der Waals surface area (Å²) >= 11 is 5.97. The second kappa shape index (κ2) is 5.53. The number of halogens is 1. The standard InChI is InChI=1S/C13H20ClN/c1-9(2)4-7-13(15)11-5-6-12(14)10(3)8-11/h5-6,8-9,13H,4,7,15H2,1-3H3. The summed E-state index contributed by atoms with van der Waals surface area (Å²) in [6.45, 7) is 6.46. The van der Waals surface area contributed by atoms with Crippen molar-refractivity contribution in [1.82, 2.24) is 0 Å². The van der Waals surface area contributed by atoms with Crippen LogP contribution in [-0.4, -0.2) is 0 Å². The van der Waals surface area contributed by atoms with E-state index in [-0.39, 0.29) is 6.04 Å². The van der Waals surface area contributed by atoms with Crippen LogP contribution in [0.2, 0.25) is 5.02 Å². The fraction of sp³-hybridized carbons (Fsp3) is 0.538. The molecular weight excluding hydrogens is 206 g/mol. The van der Waals surface area contributed by atoms with E-state index < -0.39 is 0 Å². The summed E-state index contributed by atoms with van der Waals surface area (Å²) in [5.74, 6) is 0.712. The molecule has 0 aliphatic carbocycles. The highest BCUT2D eigenvalue weighted by Gasteiger charge is 2.08. The molecule has 2 heteroatoms. The summed E-state index contributed by atoms with van der Waals surface area (Å²) in [4.78, 5) is 0. The molecule has 1 aromatic carbocycles. The van der Waals surface area contributed by atoms with Gasteiger partial charge in [-0.3, -0.25) is 0 Å². The van der Waals surface area contributed by atoms with E-state index in [1.807, 2.05) is 19.1 Å². The Hall–Kier alpha value is -0.530. The van der Waals surface area contributed by atoms with Crippen molar-refractivity contribution in [3.63, 3.8) is 0 Å². The van der Waals surface area contributed by atoms with E-state index in [1.54, 1.807) is 0 Å². The van der Waals surface area contributed by atoms with Crippen molar-refractivity contribution in [2.45, 2.75) is 39.7 Å². The van der Waals surface area contributed by atoms with E-state index in [4.69, 9.17) is 17.3 Å². The Morgan fingerprint density at radius 3 is 2.47 bits per heavy atom. The van der Waals surface area contributed by atoms with E-state index in [0.29, 0.717) is 5.92 Å². The Balaban J connectivity index is 2.65. The molecule has 2 N–H and O–H groups in total. The Morgan fingerprint density at radius 1 is 1.27 bits per heavy atom. The van der Waals surface area contributed by atoms with Crippen LogP contribution in [0.15, 0.2) is 18.2 Å². The SMILES string of the molecule is Cc1cc(C(N)CCC(C)C)ccc1Cl. The minimum atomic E-state index is 0.142. The molecule has 0 saturated carbocycles. The molecule has 0 heterocycles. The van der Waals surface area contributed by atoms with Crippen LogP contribution in [0.25, 0.3) is 0 Å². The molecule has 1 rings (SSSR count). The molecule has 84 valence electrons. The number of benzene rings is 1. The van der Waals surface area contributed by atoms with Crippen molar-refractivity contribution in [2.24, 2.45) is 11.7 Å². The maximum Gasteiger partial charge on any atom is 0.0435 e. The molecule has 1 nitrogen and oxygen atoms in total. The Kier molecular flexibility index (Phi) is 4.62. The number of nitrogens with two attached hydrogens (primary N) is 1. The van der Waals surface area contributed by atoms with Crippen LogP contribution in [-0.2, 0) is 0 Å². The third-order valence-corrected chi connectivity index (χ3v) is 3.09. The lowest BCUT2D eigenvalue weighted by Gasteiger charge is -2.14. The van der Waals surface area contributed by atoms with Gasteiger partial charge in [0.25, 0.3) is 0 Å². The predicted molar refractivity (Wildman–Crippen MR) is 67.2 cm³/mol. The average molecular weight is 226 g/mol. The topological polar surface area (TPSA) is 26.0 Å². The van der Waals surface area contributed by atoms with E-state index >= 15 is 0 Å². The van der Waals surface area contributed by atoms with Gasteiger partial charge in [-0.15, -0.1) is 0 Å². The monoisotopic (exact) mass is 225 g/mol. The summed E-state index contributed by atoms with van der Waals surface area (Å²) < 4.78 is 0. The van der Waals surface area contributed by atoms with Gasteiger partial charge >= 0.3 is 0 Å². The lowest BCUT2D eigenvalue weighted by Crippen LogP contribution is -2.11. The van der Waals surface area contributed by atoms with Gasteiger partial charge < -0.3 is 5.73 Å². The highest BCUT2D eigenvalue weighted by Crippen LogP contribution is 2.23. The van der Waals surface area contributed by atoms with Gasteiger partial charge in [0.15, 0.2) is 0 Å². The molecule has 0 radical (unpaired) electrons. The number of aryl methyl sites for hydroxylation is 1. The summed E-state index contributed by atoms with van der Waals surface area (Å²) in [7, 11) is 0. The molecule has 15 heavy (non-hydrogen) atoms. The van der Waals surface area contributed by atoms with Gasteiger partial charge in [-0.1, -0.05) is 37.6 Å². The molecule has 1 atom stereocenters. The fourth-order valence-electron chi connectivity index (χ4n) is 1.58. The zero-order valence-electron chi connectivity index (χ0n) is 9.76. The van der Waals surface area contributed by atoms with E-state index in [1.165, 1.54) is 12.0 Å². The second-order valence-corrected chi connectivity index (χ2v) is 4.99. The quantitative estimate of drug-likeness (QED) is 0.821. The molecule has 0 saturated heterocycles. The average Bonchev–Trinajstić information content (AvgIpc) is 2.18. The smallest absolute Gasteiger partial charge is 0.0435 e. The van der Waals surface area contributed by atoms with Crippen LogP contribution < -0.4 is 5.73 Å². The normalized spacial score (nSPS) is 13.2. The molecule has 0 aromatic heterocycles. The first-order valence-corrected chi connectivity index (χ1v) is 5.90. The number of rotatable bonds is 4. The van der Waals surface area contributed by atoms with E-state index in [9.17, 15) is 0 Å². The molecule has 0 fully saturated rings. The molecular formula is C13H20ClN. The second-order valence-electron chi connectivity index (χ2n) is 4.59. The Labute approximate surface area is 97.6 Å². The van der Waals surface area contributed by atoms with Crippen molar-refractivity contribution in [3.05, 3.63) is 34.3 Å². The van der Waals surface area contributed by atoms with Crippen LogP contribution in [0.1, 0.15) is 43.9 Å². The number of hydrogen-bond donors (Lipinski definition) is 1. The molecule has 1 unspecified atom stereocenters. The van der Waals surface area contributed by atoms with Gasteiger partial charge in [-0.05, 0) is 42.9 Å². The fourth-order valence-corrected chi connectivity index (χ4v) is 1.70. The first kappa shape index (κ1) is 12.5. The largest absolute Gasteiger partial charge is 0.324 e. The summed E-state index contributed by atoms with van der Waals surface area (Å²) in [5, 5.41) is 0.815. The van der Waals surface area contributed by atoms with Crippen molar-refractivity contribution in [2.75, 3.05) is 0 Å². The van der Waals surface area contributed by atoms with Crippen LogP contribution in [0.3, 0.4) is 0 Å². The predicted octanol–water partition coefficient (Wildman–Crippen LogP) is 4.08. The highest BCUT2D eigenvalue weighted by atomic mass is 35.5. The van der Waals surface area contributed by atoms with Crippen LogP contribution in [0.5, 0.6) is 0 Å². The first-order chi connectivity index (χ1) is 7.00. The number of hydrogen-bond acceptors (Lipinski definition) is 1. The van der Waals surface area contributed by atoms with Crippen molar-refractivity contribution in [3.8, 4) is 0 Å². The maximum absolute atomic E-state index is 6.12. The van der Waals surface area contributed by atoms with Gasteiger partial charge in [0.2, 0.25) is 0 Å². The van der Waals surface area contributed by atoms with E-state index in [0.717, 1.165) is 17.0 Å². The van der Waals surface area contributed by atoms with Crippen LogP contribution in [0, 0.1) is 12.8 Å². The van der Waals surface area contributed by atoms with Gasteiger partial charge in [0, 0.05) is 11.1 Å². The zero-order valence-corrected chi connectivity index (χ0v) is 10.5. The van der Waals surface area contributed by atoms with Crippen molar-refractivity contribution < 1.29 is 0 Å². The zero-order chi connectivity index (χ0) is 11.4. The summed E-state index contributed by atoms with van der Waals surface area (Å²) in [6, 6.07) is 6.19. The third-order valence-electron chi connectivity index (χ3n) is 2.67. The van der Waals surface area contributed by atoms with Crippen molar-refractivity contribution >= 4 is 11.6 Å². The van der Waals surface area contributed by atoms with Crippen molar-refractivity contribution in [1.29, 1.82) is 0 Å². The molecule has 0 spiro atoms. The third kappa shape index (κ3) is 3.84. The van der Waals surface area contributed by atoms with Gasteiger partial charge in [-0.2, -0.15) is 0 Å². The lowest BCUT2D eigenvalue weighted by atomic mass is 9.97. The van der Waals surface area contributed by atoms with Gasteiger partial charge in [0.05, 0.1) is 0 Å². The molecule has 0 aliphatic heterocycles. The Bertz CT molecular complexity index is 320. The molecule has 0 amide bonds. The first-order valence-electron chi connectivity index (χ1n) is 5.52. The summed E-state index contributed by atoms with van der Waals surface area (Å²) in [6.07, 6.45) is 2.21. The van der Waals surface area contributed by atoms with E-state index in [2.05, 4.69) is 19.9 Å². The Morgan fingerprint density at radius 2 is 1.93 bits per heavy atom.